The highest BCUT2D eigenvalue weighted by molar-refractivity contribution is 5.42. The predicted molar refractivity (Wildman–Crippen MR) is 100.0 cm³/mol. The van der Waals surface area contributed by atoms with Crippen LogP contribution in [-0.2, 0) is 6.42 Å². The molecular formula is C19H28N4O. The van der Waals surface area contributed by atoms with Crippen molar-refractivity contribution < 1.29 is 4.74 Å². The first-order chi connectivity index (χ1) is 11.7. The molecule has 130 valence electrons. The fraction of sp³-hybridized carbons (Fsp3) is 0.474. The van der Waals surface area contributed by atoms with Gasteiger partial charge in [-0.1, -0.05) is 31.9 Å². The third-order valence-electron chi connectivity index (χ3n) is 3.80. The number of benzene rings is 1. The van der Waals surface area contributed by atoms with Gasteiger partial charge in [0.25, 0.3) is 0 Å². The lowest BCUT2D eigenvalue weighted by Crippen LogP contribution is -2.10. The third kappa shape index (κ3) is 6.07. The smallest absolute Gasteiger partial charge is 0.224 e. The summed E-state index contributed by atoms with van der Waals surface area (Å²) in [6.07, 6.45) is 4.53. The Morgan fingerprint density at radius 1 is 1.00 bits per heavy atom. The van der Waals surface area contributed by atoms with E-state index in [1.165, 1.54) is 18.4 Å². The van der Waals surface area contributed by atoms with Crippen LogP contribution in [0.4, 0.5) is 11.8 Å². The van der Waals surface area contributed by atoms with Crippen molar-refractivity contribution in [2.45, 2.75) is 39.5 Å². The van der Waals surface area contributed by atoms with E-state index in [9.17, 15) is 0 Å². The Balaban J connectivity index is 1.83. The molecule has 0 atom stereocenters. The normalized spacial score (nSPS) is 10.5. The molecule has 2 aromatic rings. The van der Waals surface area contributed by atoms with Gasteiger partial charge in [0.05, 0.1) is 7.11 Å². The molecule has 0 aliphatic heterocycles. The fourth-order valence-corrected chi connectivity index (χ4v) is 2.44. The zero-order valence-corrected chi connectivity index (χ0v) is 14.9. The number of nitrogens with zero attached hydrogens (tertiary/aromatic N) is 2. The number of rotatable bonds is 10. The molecule has 0 saturated carbocycles. The standard InChI is InChI=1S/C19H28N4O/c1-4-5-6-12-21-19-22-15(2)14-18(23-19)20-13-11-16-7-9-17(24-3)10-8-16/h7-10,14H,4-6,11-13H2,1-3H3,(H2,20,21,22,23). The number of methoxy groups -OCH3 is 1. The average Bonchev–Trinajstić information content (AvgIpc) is 2.59. The SMILES string of the molecule is CCCCCNc1nc(C)cc(NCCc2ccc(OC)cc2)n1. The van der Waals surface area contributed by atoms with Crippen molar-refractivity contribution in [3.05, 3.63) is 41.6 Å². The zero-order chi connectivity index (χ0) is 17.2. The van der Waals surface area contributed by atoms with Gasteiger partial charge < -0.3 is 15.4 Å². The van der Waals surface area contributed by atoms with Gasteiger partial charge in [0.1, 0.15) is 11.6 Å². The van der Waals surface area contributed by atoms with E-state index in [1.807, 2.05) is 25.1 Å². The average molecular weight is 328 g/mol. The number of ether oxygens (including phenoxy) is 1. The molecule has 24 heavy (non-hydrogen) atoms. The Bertz CT molecular complexity index is 613. The van der Waals surface area contributed by atoms with Crippen molar-refractivity contribution in [2.75, 3.05) is 30.8 Å². The largest absolute Gasteiger partial charge is 0.497 e. The second kappa shape index (κ2) is 9.75. The molecule has 0 fully saturated rings. The van der Waals surface area contributed by atoms with Gasteiger partial charge in [-0.15, -0.1) is 0 Å². The lowest BCUT2D eigenvalue weighted by molar-refractivity contribution is 0.414. The summed E-state index contributed by atoms with van der Waals surface area (Å²) < 4.78 is 5.18. The molecule has 2 rings (SSSR count). The van der Waals surface area contributed by atoms with Crippen LogP contribution >= 0.6 is 0 Å². The summed E-state index contributed by atoms with van der Waals surface area (Å²) in [4.78, 5) is 8.98. The van der Waals surface area contributed by atoms with Crippen LogP contribution < -0.4 is 15.4 Å². The maximum atomic E-state index is 5.18. The van der Waals surface area contributed by atoms with E-state index >= 15 is 0 Å². The zero-order valence-electron chi connectivity index (χ0n) is 14.9. The molecule has 0 spiro atoms. The van der Waals surface area contributed by atoms with Gasteiger partial charge in [0.2, 0.25) is 5.95 Å². The van der Waals surface area contributed by atoms with Crippen molar-refractivity contribution in [1.29, 1.82) is 0 Å². The first kappa shape index (κ1) is 18.0. The van der Waals surface area contributed by atoms with Gasteiger partial charge in [-0.05, 0) is 37.5 Å². The fourth-order valence-electron chi connectivity index (χ4n) is 2.44. The van der Waals surface area contributed by atoms with Gasteiger partial charge in [-0.2, -0.15) is 4.98 Å². The molecule has 0 aliphatic rings. The maximum absolute atomic E-state index is 5.18. The van der Waals surface area contributed by atoms with E-state index in [0.29, 0.717) is 5.95 Å². The molecule has 0 unspecified atom stereocenters. The van der Waals surface area contributed by atoms with Crippen molar-refractivity contribution in [3.8, 4) is 5.75 Å². The highest BCUT2D eigenvalue weighted by Crippen LogP contribution is 2.13. The molecule has 0 saturated heterocycles. The number of nitrogens with one attached hydrogen (secondary N) is 2. The third-order valence-corrected chi connectivity index (χ3v) is 3.80. The minimum absolute atomic E-state index is 0.707. The Hall–Kier alpha value is -2.30. The van der Waals surface area contributed by atoms with E-state index in [-0.39, 0.29) is 0 Å². The molecule has 1 aromatic carbocycles. The molecule has 0 radical (unpaired) electrons. The highest BCUT2D eigenvalue weighted by Gasteiger charge is 2.02. The van der Waals surface area contributed by atoms with Gasteiger partial charge >= 0.3 is 0 Å². The minimum Gasteiger partial charge on any atom is -0.497 e. The van der Waals surface area contributed by atoms with Gasteiger partial charge in [-0.3, -0.25) is 0 Å². The topological polar surface area (TPSA) is 59.1 Å². The molecule has 5 nitrogen and oxygen atoms in total. The van der Waals surface area contributed by atoms with Crippen LogP contribution in [0.25, 0.3) is 0 Å². The van der Waals surface area contributed by atoms with Crippen molar-refractivity contribution in [2.24, 2.45) is 0 Å². The monoisotopic (exact) mass is 328 g/mol. The van der Waals surface area contributed by atoms with Crippen LogP contribution in [0, 0.1) is 6.92 Å². The molecule has 1 heterocycles. The molecule has 0 bridgehead atoms. The van der Waals surface area contributed by atoms with Crippen LogP contribution in [0.1, 0.15) is 37.4 Å². The summed E-state index contributed by atoms with van der Waals surface area (Å²) in [5.74, 6) is 2.46. The molecule has 2 N–H and O–H groups in total. The van der Waals surface area contributed by atoms with E-state index in [4.69, 9.17) is 4.74 Å². The van der Waals surface area contributed by atoms with Crippen molar-refractivity contribution >= 4 is 11.8 Å². The Morgan fingerprint density at radius 3 is 2.50 bits per heavy atom. The summed E-state index contributed by atoms with van der Waals surface area (Å²) in [6, 6.07) is 10.1. The minimum atomic E-state index is 0.707. The number of aryl methyl sites for hydroxylation is 1. The first-order valence-electron chi connectivity index (χ1n) is 8.67. The lowest BCUT2D eigenvalue weighted by atomic mass is 10.1. The first-order valence-corrected chi connectivity index (χ1v) is 8.67. The molecule has 5 heteroatoms. The van der Waals surface area contributed by atoms with E-state index in [0.717, 1.165) is 43.2 Å². The van der Waals surface area contributed by atoms with E-state index in [2.05, 4.69) is 39.7 Å². The van der Waals surface area contributed by atoms with Crippen molar-refractivity contribution in [1.82, 2.24) is 9.97 Å². The van der Waals surface area contributed by atoms with Crippen LogP contribution in [-0.4, -0.2) is 30.2 Å². The van der Waals surface area contributed by atoms with Gasteiger partial charge in [0, 0.05) is 24.8 Å². The summed E-state index contributed by atoms with van der Waals surface area (Å²) >= 11 is 0. The highest BCUT2D eigenvalue weighted by atomic mass is 16.5. The van der Waals surface area contributed by atoms with Gasteiger partial charge in [-0.25, -0.2) is 4.98 Å². The number of aromatic nitrogens is 2. The molecule has 0 aliphatic carbocycles. The number of anilines is 2. The lowest BCUT2D eigenvalue weighted by Gasteiger charge is -2.10. The summed E-state index contributed by atoms with van der Waals surface area (Å²) in [5, 5.41) is 6.69. The van der Waals surface area contributed by atoms with E-state index in [1.54, 1.807) is 7.11 Å². The van der Waals surface area contributed by atoms with E-state index < -0.39 is 0 Å². The van der Waals surface area contributed by atoms with Crippen LogP contribution in [0.3, 0.4) is 0 Å². The predicted octanol–water partition coefficient (Wildman–Crippen LogP) is 4.05. The summed E-state index contributed by atoms with van der Waals surface area (Å²) in [5.41, 5.74) is 2.24. The quantitative estimate of drug-likeness (QED) is 0.644. The second-order valence-corrected chi connectivity index (χ2v) is 5.88. The van der Waals surface area contributed by atoms with Crippen molar-refractivity contribution in [3.63, 3.8) is 0 Å². The Morgan fingerprint density at radius 2 is 1.79 bits per heavy atom. The van der Waals surface area contributed by atoms with Crippen LogP contribution in [0.15, 0.2) is 30.3 Å². The van der Waals surface area contributed by atoms with Crippen LogP contribution in [0.2, 0.25) is 0 Å². The molecule has 0 amide bonds. The van der Waals surface area contributed by atoms with Gasteiger partial charge in [0.15, 0.2) is 0 Å². The van der Waals surface area contributed by atoms with Crippen LogP contribution in [0.5, 0.6) is 5.75 Å². The number of hydrogen-bond acceptors (Lipinski definition) is 5. The number of hydrogen-bond donors (Lipinski definition) is 2. The molecular weight excluding hydrogens is 300 g/mol. The Kier molecular flexibility index (Phi) is 7.33. The Labute approximate surface area is 144 Å². The second-order valence-electron chi connectivity index (χ2n) is 5.88. The molecule has 1 aromatic heterocycles. The summed E-state index contributed by atoms with van der Waals surface area (Å²) in [7, 11) is 1.68. The maximum Gasteiger partial charge on any atom is 0.224 e. The number of unbranched alkanes of at least 4 members (excludes halogenated alkanes) is 2. The summed E-state index contributed by atoms with van der Waals surface area (Å²) in [6.45, 7) is 5.95.